The van der Waals surface area contributed by atoms with E-state index in [9.17, 15) is 0 Å². The van der Waals surface area contributed by atoms with Gasteiger partial charge in [0.2, 0.25) is 5.13 Å². The molecule has 3 rings (SSSR count). The van der Waals surface area contributed by atoms with Gasteiger partial charge in [0.05, 0.1) is 6.10 Å². The van der Waals surface area contributed by atoms with Crippen LogP contribution in [-0.2, 0) is 4.74 Å². The third-order valence-corrected chi connectivity index (χ3v) is 4.72. The van der Waals surface area contributed by atoms with Gasteiger partial charge in [0.15, 0.2) is 0 Å². The number of nitrogen functional groups attached to an aromatic ring is 1. The molecule has 2 heterocycles. The lowest BCUT2D eigenvalue weighted by Crippen LogP contribution is -2.37. The first-order chi connectivity index (χ1) is 10.8. The summed E-state index contributed by atoms with van der Waals surface area (Å²) >= 11 is 1.42. The van der Waals surface area contributed by atoms with Crippen molar-refractivity contribution in [1.82, 2.24) is 10.2 Å². The molecule has 0 aliphatic carbocycles. The molecule has 0 bridgehead atoms. The maximum absolute atomic E-state index is 5.84. The van der Waals surface area contributed by atoms with Crippen molar-refractivity contribution < 1.29 is 4.74 Å². The first-order valence-electron chi connectivity index (χ1n) is 7.82. The Bertz CT molecular complexity index is 590. The molecule has 1 aromatic heterocycles. The van der Waals surface area contributed by atoms with Gasteiger partial charge in [0.1, 0.15) is 5.01 Å². The lowest BCUT2D eigenvalue weighted by atomic mass is 10.1. The zero-order valence-electron chi connectivity index (χ0n) is 12.9. The summed E-state index contributed by atoms with van der Waals surface area (Å²) in [4.78, 5) is 2.42. The van der Waals surface area contributed by atoms with Crippen LogP contribution in [0.1, 0.15) is 26.2 Å². The van der Waals surface area contributed by atoms with E-state index in [2.05, 4.69) is 46.3 Å². The van der Waals surface area contributed by atoms with Crippen LogP contribution < -0.4 is 10.6 Å². The second kappa shape index (κ2) is 7.07. The molecule has 1 aliphatic heterocycles. The molecular formula is C16H22N4OS. The molecule has 0 amide bonds. The highest BCUT2D eigenvalue weighted by atomic mass is 32.1. The number of benzene rings is 1. The highest BCUT2D eigenvalue weighted by Gasteiger charge is 2.19. The van der Waals surface area contributed by atoms with Gasteiger partial charge in [-0.15, -0.1) is 10.2 Å². The highest BCUT2D eigenvalue weighted by Crippen LogP contribution is 2.28. The topological polar surface area (TPSA) is 64.3 Å². The second-order valence-electron chi connectivity index (χ2n) is 5.55. The molecule has 0 atom stereocenters. The molecule has 1 aromatic carbocycles. The van der Waals surface area contributed by atoms with Crippen LogP contribution in [0.15, 0.2) is 24.3 Å². The van der Waals surface area contributed by atoms with E-state index < -0.39 is 0 Å². The lowest BCUT2D eigenvalue weighted by Gasteiger charge is -2.33. The number of rotatable bonds is 5. The fourth-order valence-electron chi connectivity index (χ4n) is 2.73. The summed E-state index contributed by atoms with van der Waals surface area (Å²) < 4.78 is 5.84. The summed E-state index contributed by atoms with van der Waals surface area (Å²) in [5.41, 5.74) is 7.96. The van der Waals surface area contributed by atoms with Crippen LogP contribution in [0, 0.1) is 0 Å². The van der Waals surface area contributed by atoms with Crippen molar-refractivity contribution in [1.29, 1.82) is 0 Å². The Morgan fingerprint density at radius 3 is 2.55 bits per heavy atom. The van der Waals surface area contributed by atoms with Crippen LogP contribution in [0.5, 0.6) is 0 Å². The fraction of sp³-hybridized carbons (Fsp3) is 0.500. The zero-order valence-corrected chi connectivity index (χ0v) is 13.7. The van der Waals surface area contributed by atoms with Crippen LogP contribution in [-0.4, -0.2) is 36.0 Å². The summed E-state index contributed by atoms with van der Waals surface area (Å²) in [5, 5.41) is 9.32. The van der Waals surface area contributed by atoms with E-state index in [0.29, 0.717) is 11.2 Å². The molecule has 1 aliphatic rings. The predicted molar refractivity (Wildman–Crippen MR) is 91.2 cm³/mol. The first kappa shape index (κ1) is 15.2. The molecule has 0 unspecified atom stereocenters. The molecule has 1 saturated heterocycles. The van der Waals surface area contributed by atoms with Gasteiger partial charge in [-0.3, -0.25) is 0 Å². The first-order valence-corrected chi connectivity index (χ1v) is 8.64. The summed E-state index contributed by atoms with van der Waals surface area (Å²) in [6.45, 7) is 5.14. The minimum Gasteiger partial charge on any atom is -0.378 e. The van der Waals surface area contributed by atoms with E-state index in [1.165, 1.54) is 17.0 Å². The highest BCUT2D eigenvalue weighted by molar-refractivity contribution is 7.18. The quantitative estimate of drug-likeness (QED) is 0.917. The number of nitrogens with two attached hydrogens (primary N) is 1. The van der Waals surface area contributed by atoms with Gasteiger partial charge in [0.25, 0.3) is 0 Å². The summed E-state index contributed by atoms with van der Waals surface area (Å²) in [7, 11) is 0. The van der Waals surface area contributed by atoms with E-state index >= 15 is 0 Å². The molecule has 5 nitrogen and oxygen atoms in total. The Kier molecular flexibility index (Phi) is 4.90. The molecule has 0 saturated carbocycles. The molecule has 0 radical (unpaired) electrons. The summed E-state index contributed by atoms with van der Waals surface area (Å²) in [5.74, 6) is 0. The van der Waals surface area contributed by atoms with Crippen molar-refractivity contribution in [3.8, 4) is 10.6 Å². The zero-order chi connectivity index (χ0) is 15.4. The monoisotopic (exact) mass is 318 g/mol. The smallest absolute Gasteiger partial charge is 0.203 e. The van der Waals surface area contributed by atoms with Crippen molar-refractivity contribution in [3.05, 3.63) is 24.3 Å². The largest absolute Gasteiger partial charge is 0.378 e. The van der Waals surface area contributed by atoms with Crippen molar-refractivity contribution in [2.24, 2.45) is 0 Å². The lowest BCUT2D eigenvalue weighted by molar-refractivity contribution is 0.0375. The Morgan fingerprint density at radius 1 is 1.23 bits per heavy atom. The van der Waals surface area contributed by atoms with Crippen molar-refractivity contribution in [3.63, 3.8) is 0 Å². The SMILES string of the molecule is CCCOC1CCN(c2ccc(-c3nnc(N)s3)cc2)CC1. The average molecular weight is 318 g/mol. The number of hydrogen-bond acceptors (Lipinski definition) is 6. The van der Waals surface area contributed by atoms with E-state index in [1.807, 2.05) is 0 Å². The van der Waals surface area contributed by atoms with Crippen molar-refractivity contribution >= 4 is 22.2 Å². The van der Waals surface area contributed by atoms with Gasteiger partial charge in [-0.25, -0.2) is 0 Å². The van der Waals surface area contributed by atoms with Crippen molar-refractivity contribution in [2.45, 2.75) is 32.3 Å². The Hall–Kier alpha value is -1.66. The van der Waals surface area contributed by atoms with Crippen molar-refractivity contribution in [2.75, 3.05) is 30.3 Å². The van der Waals surface area contributed by atoms with Crippen LogP contribution in [0.2, 0.25) is 0 Å². The molecule has 2 N–H and O–H groups in total. The van der Waals surface area contributed by atoms with Crippen LogP contribution in [0.4, 0.5) is 10.8 Å². The Labute approximate surface area is 135 Å². The van der Waals surface area contributed by atoms with E-state index in [0.717, 1.165) is 49.5 Å². The number of aromatic nitrogens is 2. The summed E-state index contributed by atoms with van der Waals surface area (Å²) in [6, 6.07) is 8.49. The second-order valence-corrected chi connectivity index (χ2v) is 6.56. The van der Waals surface area contributed by atoms with Gasteiger partial charge in [-0.1, -0.05) is 18.3 Å². The van der Waals surface area contributed by atoms with Gasteiger partial charge < -0.3 is 15.4 Å². The van der Waals surface area contributed by atoms with E-state index in [-0.39, 0.29) is 0 Å². The Balaban J connectivity index is 1.60. The van der Waals surface area contributed by atoms with Gasteiger partial charge in [0, 0.05) is 30.9 Å². The van der Waals surface area contributed by atoms with Crippen LogP contribution >= 0.6 is 11.3 Å². The number of hydrogen-bond donors (Lipinski definition) is 1. The third kappa shape index (κ3) is 3.56. The molecular weight excluding hydrogens is 296 g/mol. The molecule has 1 fully saturated rings. The minimum absolute atomic E-state index is 0.430. The maximum atomic E-state index is 5.84. The fourth-order valence-corrected chi connectivity index (χ4v) is 3.35. The van der Waals surface area contributed by atoms with Gasteiger partial charge in [-0.05, 0) is 43.5 Å². The molecule has 0 spiro atoms. The number of anilines is 2. The van der Waals surface area contributed by atoms with Gasteiger partial charge >= 0.3 is 0 Å². The predicted octanol–water partition coefficient (Wildman–Crippen LogP) is 3.18. The van der Waals surface area contributed by atoms with E-state index in [4.69, 9.17) is 10.5 Å². The van der Waals surface area contributed by atoms with Gasteiger partial charge in [-0.2, -0.15) is 0 Å². The summed E-state index contributed by atoms with van der Waals surface area (Å²) in [6.07, 6.45) is 3.74. The van der Waals surface area contributed by atoms with Crippen LogP contribution in [0.3, 0.4) is 0 Å². The van der Waals surface area contributed by atoms with E-state index in [1.54, 1.807) is 0 Å². The number of piperidine rings is 1. The standard InChI is InChI=1S/C16H22N4OS/c1-2-11-21-14-7-9-20(10-8-14)13-5-3-12(4-6-13)15-18-19-16(17)22-15/h3-6,14H,2,7-11H2,1H3,(H2,17,19). The Morgan fingerprint density at radius 2 is 1.95 bits per heavy atom. The minimum atomic E-state index is 0.430. The maximum Gasteiger partial charge on any atom is 0.203 e. The normalized spacial score (nSPS) is 16.1. The molecule has 22 heavy (non-hydrogen) atoms. The number of nitrogens with zero attached hydrogens (tertiary/aromatic N) is 3. The van der Waals surface area contributed by atoms with Crippen LogP contribution in [0.25, 0.3) is 10.6 Å². The third-order valence-electron chi connectivity index (χ3n) is 3.92. The average Bonchev–Trinajstić information content (AvgIpc) is 3.00. The molecule has 118 valence electrons. The molecule has 2 aromatic rings. The number of ether oxygens (including phenoxy) is 1. The molecule has 6 heteroatoms.